The van der Waals surface area contributed by atoms with Gasteiger partial charge in [-0.1, -0.05) is 6.07 Å². The fraction of sp³-hybridized carbons (Fsp3) is 0.250. The fourth-order valence-corrected chi connectivity index (χ4v) is 6.02. The molecule has 2 atom stereocenters. The van der Waals surface area contributed by atoms with Crippen molar-refractivity contribution in [1.82, 2.24) is 19.9 Å². The molecule has 1 aromatic carbocycles. The number of aryl methyl sites for hydroxylation is 1. The summed E-state index contributed by atoms with van der Waals surface area (Å²) in [6.45, 7) is 4.95. The molecule has 0 amide bonds. The van der Waals surface area contributed by atoms with Crippen molar-refractivity contribution in [1.29, 1.82) is 0 Å². The first kappa shape index (κ1) is 26.6. The molecule has 2 N–H and O–H groups in total. The molecule has 11 heteroatoms. The quantitative estimate of drug-likeness (QED) is 0.303. The number of rotatable bonds is 8. The molecular weight excluding hydrogens is 532 g/mol. The van der Waals surface area contributed by atoms with Crippen LogP contribution in [0.1, 0.15) is 40.3 Å². The Kier molecular flexibility index (Phi) is 7.28. The zero-order chi connectivity index (χ0) is 27.7. The van der Waals surface area contributed by atoms with E-state index in [1.165, 1.54) is 7.11 Å². The number of benzene rings is 1. The van der Waals surface area contributed by atoms with E-state index in [0.29, 0.717) is 16.5 Å². The van der Waals surface area contributed by atoms with Crippen molar-refractivity contribution in [3.8, 4) is 5.75 Å². The van der Waals surface area contributed by atoms with Gasteiger partial charge >= 0.3 is 0 Å². The van der Waals surface area contributed by atoms with Crippen LogP contribution in [-0.4, -0.2) is 41.4 Å². The van der Waals surface area contributed by atoms with Gasteiger partial charge in [0.05, 0.1) is 36.8 Å². The summed E-state index contributed by atoms with van der Waals surface area (Å²) in [5.74, 6) is 0.393. The van der Waals surface area contributed by atoms with Gasteiger partial charge in [-0.25, -0.2) is 8.42 Å². The lowest BCUT2D eigenvalue weighted by Gasteiger charge is -2.29. The normalized spacial score (nSPS) is 17.2. The number of anilines is 2. The molecule has 0 aliphatic carbocycles. The standard InChI is InChI=1S/C28H30N6O3S2/c1-18-15-22(19(2)33(18)17-20-10-13-29-14-11-20)27-26(24-7-5-6-12-30-24)31-28(38)34(27)21-8-9-23(25(16-21)37-3)32-39(4,35)36/h5-16,26-27,32H,17H2,1-4H3,(H,31,38)/t26-,27+/m1/s1. The highest BCUT2D eigenvalue weighted by Gasteiger charge is 2.42. The molecule has 202 valence electrons. The number of aromatic nitrogens is 3. The minimum Gasteiger partial charge on any atom is -0.494 e. The van der Waals surface area contributed by atoms with Crippen LogP contribution in [0.2, 0.25) is 0 Å². The number of hydrogen-bond donors (Lipinski definition) is 2. The van der Waals surface area contributed by atoms with Gasteiger partial charge in [0.15, 0.2) is 5.11 Å². The van der Waals surface area contributed by atoms with Gasteiger partial charge in [-0.3, -0.25) is 14.7 Å². The van der Waals surface area contributed by atoms with Crippen LogP contribution in [0.4, 0.5) is 11.4 Å². The summed E-state index contributed by atoms with van der Waals surface area (Å²) >= 11 is 5.89. The van der Waals surface area contributed by atoms with Gasteiger partial charge < -0.3 is 19.5 Å². The van der Waals surface area contributed by atoms with Crippen molar-refractivity contribution in [3.63, 3.8) is 0 Å². The minimum atomic E-state index is -3.48. The largest absolute Gasteiger partial charge is 0.494 e. The van der Waals surface area contributed by atoms with Crippen LogP contribution >= 0.6 is 12.2 Å². The average molecular weight is 563 g/mol. The summed E-state index contributed by atoms with van der Waals surface area (Å²) in [6.07, 6.45) is 6.49. The Morgan fingerprint density at radius 3 is 2.51 bits per heavy atom. The van der Waals surface area contributed by atoms with Crippen molar-refractivity contribution < 1.29 is 13.2 Å². The second-order valence-electron chi connectivity index (χ2n) is 9.52. The van der Waals surface area contributed by atoms with E-state index < -0.39 is 10.0 Å². The van der Waals surface area contributed by atoms with Gasteiger partial charge in [-0.05, 0) is 79.7 Å². The van der Waals surface area contributed by atoms with Gasteiger partial charge in [0, 0.05) is 48.3 Å². The Hall–Kier alpha value is -3.96. The highest BCUT2D eigenvalue weighted by molar-refractivity contribution is 7.92. The lowest BCUT2D eigenvalue weighted by molar-refractivity contribution is 0.417. The molecule has 0 spiro atoms. The molecule has 0 unspecified atom stereocenters. The molecule has 39 heavy (non-hydrogen) atoms. The van der Waals surface area contributed by atoms with Gasteiger partial charge in [-0.2, -0.15) is 0 Å². The van der Waals surface area contributed by atoms with Crippen molar-refractivity contribution in [2.75, 3.05) is 23.0 Å². The van der Waals surface area contributed by atoms with Gasteiger partial charge in [-0.15, -0.1) is 0 Å². The number of hydrogen-bond acceptors (Lipinski definition) is 6. The molecule has 5 rings (SSSR count). The number of pyridine rings is 2. The molecule has 1 fully saturated rings. The van der Waals surface area contributed by atoms with E-state index >= 15 is 0 Å². The van der Waals surface area contributed by atoms with Gasteiger partial charge in [0.1, 0.15) is 5.75 Å². The molecule has 4 aromatic rings. The Bertz CT molecular complexity index is 1610. The van der Waals surface area contributed by atoms with E-state index in [0.717, 1.165) is 46.7 Å². The van der Waals surface area contributed by atoms with E-state index in [1.807, 2.05) is 36.4 Å². The van der Waals surface area contributed by atoms with Crippen LogP contribution in [-0.2, 0) is 16.6 Å². The Morgan fingerprint density at radius 1 is 1.08 bits per heavy atom. The van der Waals surface area contributed by atoms with Crippen LogP contribution in [0.5, 0.6) is 5.75 Å². The number of ether oxygens (including phenoxy) is 1. The van der Waals surface area contributed by atoms with Crippen molar-refractivity contribution in [2.45, 2.75) is 32.5 Å². The van der Waals surface area contributed by atoms with Crippen molar-refractivity contribution in [3.05, 3.63) is 101 Å². The van der Waals surface area contributed by atoms with E-state index in [4.69, 9.17) is 17.0 Å². The lowest BCUT2D eigenvalue weighted by Crippen LogP contribution is -2.29. The maximum absolute atomic E-state index is 11.9. The molecule has 4 heterocycles. The molecule has 3 aromatic heterocycles. The third-order valence-electron chi connectivity index (χ3n) is 6.88. The van der Waals surface area contributed by atoms with Crippen LogP contribution < -0.4 is 19.7 Å². The summed E-state index contributed by atoms with van der Waals surface area (Å²) in [5, 5.41) is 4.03. The van der Waals surface area contributed by atoms with E-state index in [9.17, 15) is 8.42 Å². The lowest BCUT2D eigenvalue weighted by atomic mass is 9.96. The number of methoxy groups -OCH3 is 1. The summed E-state index contributed by atoms with van der Waals surface area (Å²) in [5.41, 5.74) is 6.52. The monoisotopic (exact) mass is 562 g/mol. The van der Waals surface area contributed by atoms with Gasteiger partial charge in [0.25, 0.3) is 0 Å². The molecule has 0 bridgehead atoms. The number of nitrogens with zero attached hydrogens (tertiary/aromatic N) is 4. The van der Waals surface area contributed by atoms with E-state index in [1.54, 1.807) is 30.7 Å². The molecule has 0 radical (unpaired) electrons. The predicted octanol–water partition coefficient (Wildman–Crippen LogP) is 4.50. The van der Waals surface area contributed by atoms with Gasteiger partial charge in [0.2, 0.25) is 10.0 Å². The van der Waals surface area contributed by atoms with E-state index in [-0.39, 0.29) is 12.1 Å². The first-order valence-corrected chi connectivity index (χ1v) is 14.7. The zero-order valence-corrected chi connectivity index (χ0v) is 23.8. The van der Waals surface area contributed by atoms with Crippen molar-refractivity contribution in [2.24, 2.45) is 0 Å². The first-order chi connectivity index (χ1) is 18.7. The summed E-state index contributed by atoms with van der Waals surface area (Å²) in [7, 11) is -1.97. The SMILES string of the molecule is COc1cc(N2C(=S)N[C@H](c3ccccn3)[C@@H]2c2cc(C)n(Cc3ccncc3)c2C)ccc1NS(C)(=O)=O. The smallest absolute Gasteiger partial charge is 0.229 e. The molecule has 1 aliphatic rings. The molecule has 1 saturated heterocycles. The molecule has 1 aliphatic heterocycles. The summed E-state index contributed by atoms with van der Waals surface area (Å²) < 4.78 is 34.1. The number of nitrogens with one attached hydrogen (secondary N) is 2. The number of thiocarbonyl (C=S) groups is 1. The average Bonchev–Trinajstić information content (AvgIpc) is 3.40. The van der Waals surface area contributed by atoms with Crippen LogP contribution in [0, 0.1) is 13.8 Å². The van der Waals surface area contributed by atoms with Crippen LogP contribution in [0.3, 0.4) is 0 Å². The van der Waals surface area contributed by atoms with Crippen molar-refractivity contribution >= 4 is 38.7 Å². The molecular formula is C28H30N6O3S2. The summed E-state index contributed by atoms with van der Waals surface area (Å²) in [6, 6.07) is 17.0. The zero-order valence-electron chi connectivity index (χ0n) is 22.1. The highest BCUT2D eigenvalue weighted by atomic mass is 32.2. The Balaban J connectivity index is 1.62. The summed E-state index contributed by atoms with van der Waals surface area (Å²) in [4.78, 5) is 10.8. The third-order valence-corrected chi connectivity index (χ3v) is 7.78. The van der Waals surface area contributed by atoms with Crippen LogP contribution in [0.15, 0.2) is 73.2 Å². The molecule has 9 nitrogen and oxygen atoms in total. The predicted molar refractivity (Wildman–Crippen MR) is 157 cm³/mol. The first-order valence-electron chi connectivity index (χ1n) is 12.4. The maximum Gasteiger partial charge on any atom is 0.229 e. The Labute approximate surface area is 233 Å². The molecule has 0 saturated carbocycles. The Morgan fingerprint density at radius 2 is 1.85 bits per heavy atom. The topological polar surface area (TPSA) is 101 Å². The second kappa shape index (κ2) is 10.7. The van der Waals surface area contributed by atoms with E-state index in [2.05, 4.69) is 49.4 Å². The highest BCUT2D eigenvalue weighted by Crippen LogP contribution is 2.44. The third kappa shape index (κ3) is 5.45. The minimum absolute atomic E-state index is 0.214. The maximum atomic E-state index is 11.9. The fourth-order valence-electron chi connectivity index (χ4n) is 5.10. The second-order valence-corrected chi connectivity index (χ2v) is 11.7. The number of sulfonamides is 1. The van der Waals surface area contributed by atoms with Crippen LogP contribution in [0.25, 0.3) is 0 Å².